The summed E-state index contributed by atoms with van der Waals surface area (Å²) in [6.45, 7) is 0. The van der Waals surface area contributed by atoms with Gasteiger partial charge in [-0.1, -0.05) is 115 Å². The topological polar surface area (TPSA) is 77.8 Å². The molecule has 6 heteroatoms. The first-order valence-electron chi connectivity index (χ1n) is 15.8. The van der Waals surface area contributed by atoms with Gasteiger partial charge in [-0.2, -0.15) is 0 Å². The Morgan fingerprint density at radius 2 is 1.12 bits per heavy atom. The molecule has 6 nitrogen and oxygen atoms in total. The summed E-state index contributed by atoms with van der Waals surface area (Å²) in [5, 5.41) is 6.38. The molecule has 0 saturated heterocycles. The Kier molecular flexibility index (Phi) is 5.77. The highest BCUT2D eigenvalue weighted by atomic mass is 16.3. The zero-order chi connectivity index (χ0) is 31.6. The number of para-hydroxylation sites is 1. The Balaban J connectivity index is 1.16. The molecule has 0 bridgehead atoms. The normalized spacial score (nSPS) is 11.8. The van der Waals surface area contributed by atoms with Crippen molar-refractivity contribution in [3.63, 3.8) is 0 Å². The number of fused-ring (bicyclic) bond motifs is 8. The zero-order valence-electron chi connectivity index (χ0n) is 25.5. The minimum atomic E-state index is 0.524. The van der Waals surface area contributed by atoms with Crippen LogP contribution in [0.25, 0.3) is 100 Å². The lowest BCUT2D eigenvalue weighted by Crippen LogP contribution is -2.00. The summed E-state index contributed by atoms with van der Waals surface area (Å²) in [7, 11) is 0. The quantitative estimate of drug-likeness (QED) is 0.196. The fourth-order valence-electron chi connectivity index (χ4n) is 6.78. The van der Waals surface area contributed by atoms with Crippen molar-refractivity contribution in [2.45, 2.75) is 0 Å². The second-order valence-electron chi connectivity index (χ2n) is 11.8. The molecule has 6 aromatic carbocycles. The van der Waals surface area contributed by atoms with Crippen LogP contribution in [0, 0.1) is 0 Å². The monoisotopic (exact) mass is 616 g/mol. The van der Waals surface area contributed by atoms with E-state index >= 15 is 0 Å². The van der Waals surface area contributed by atoms with Crippen molar-refractivity contribution in [1.29, 1.82) is 0 Å². The van der Waals surface area contributed by atoms with E-state index in [4.69, 9.17) is 23.8 Å². The first-order valence-corrected chi connectivity index (χ1v) is 15.8. The van der Waals surface area contributed by atoms with Gasteiger partial charge in [-0.05, 0) is 40.6 Å². The van der Waals surface area contributed by atoms with E-state index in [-0.39, 0.29) is 0 Å². The highest BCUT2D eigenvalue weighted by Crippen LogP contribution is 2.41. The summed E-state index contributed by atoms with van der Waals surface area (Å²) >= 11 is 0. The Morgan fingerprint density at radius 1 is 0.417 bits per heavy atom. The molecule has 0 N–H and O–H groups in total. The summed E-state index contributed by atoms with van der Waals surface area (Å²) in [6, 6.07) is 47.1. The van der Waals surface area contributed by atoms with Gasteiger partial charge in [0.05, 0.1) is 5.39 Å². The number of pyridine rings is 1. The number of hydrogen-bond donors (Lipinski definition) is 0. The van der Waals surface area contributed by atoms with Gasteiger partial charge in [-0.25, -0.2) is 19.9 Å². The highest BCUT2D eigenvalue weighted by Gasteiger charge is 2.20. The molecule has 10 rings (SSSR count). The lowest BCUT2D eigenvalue weighted by molar-refractivity contribution is 0.654. The van der Waals surface area contributed by atoms with Crippen LogP contribution in [0.5, 0.6) is 0 Å². The third-order valence-electron chi connectivity index (χ3n) is 9.01. The fourth-order valence-corrected chi connectivity index (χ4v) is 6.78. The predicted molar refractivity (Wildman–Crippen MR) is 191 cm³/mol. The van der Waals surface area contributed by atoms with E-state index in [0.717, 1.165) is 66.1 Å². The standard InChI is InChI=1S/C42H24N4O2/c1-3-11-26(12-4-1)39-44-40(27-13-5-2-6-14-27)46-41(45-39)33-22-23-43-42-37(33)31-20-18-28(24-35(31)48-42)30-16-9-17-32-36-29-15-8-7-10-25(29)19-21-34(36)47-38(30)32/h1-24H. The molecular formula is C42H24N4O2. The van der Waals surface area contributed by atoms with Crippen molar-refractivity contribution < 1.29 is 8.83 Å². The third-order valence-corrected chi connectivity index (χ3v) is 9.01. The van der Waals surface area contributed by atoms with E-state index in [2.05, 4.69) is 77.8 Å². The smallest absolute Gasteiger partial charge is 0.228 e. The van der Waals surface area contributed by atoms with Crippen molar-refractivity contribution in [2.24, 2.45) is 0 Å². The molecule has 0 atom stereocenters. The van der Waals surface area contributed by atoms with Crippen LogP contribution >= 0.6 is 0 Å². The van der Waals surface area contributed by atoms with Gasteiger partial charge < -0.3 is 8.83 Å². The summed E-state index contributed by atoms with van der Waals surface area (Å²) in [6.07, 6.45) is 1.74. The molecule has 224 valence electrons. The number of rotatable bonds is 4. The third kappa shape index (κ3) is 4.13. The summed E-state index contributed by atoms with van der Waals surface area (Å²) in [4.78, 5) is 19.4. The van der Waals surface area contributed by atoms with Crippen molar-refractivity contribution in [3.8, 4) is 45.3 Å². The zero-order valence-corrected chi connectivity index (χ0v) is 25.5. The first kappa shape index (κ1) is 26.5. The second-order valence-corrected chi connectivity index (χ2v) is 11.8. The number of benzene rings is 6. The van der Waals surface area contributed by atoms with E-state index in [1.54, 1.807) is 6.20 Å². The summed E-state index contributed by atoms with van der Waals surface area (Å²) < 4.78 is 12.9. The Labute approximate surface area is 274 Å². The van der Waals surface area contributed by atoms with Gasteiger partial charge in [0.1, 0.15) is 16.7 Å². The Bertz CT molecular complexity index is 2780. The van der Waals surface area contributed by atoms with Crippen molar-refractivity contribution in [3.05, 3.63) is 146 Å². The molecule has 10 aromatic rings. The molecule has 0 unspecified atom stereocenters. The van der Waals surface area contributed by atoms with Crippen molar-refractivity contribution in [2.75, 3.05) is 0 Å². The van der Waals surface area contributed by atoms with Crippen LogP contribution in [0.15, 0.2) is 155 Å². The van der Waals surface area contributed by atoms with Crippen LogP contribution in [0.3, 0.4) is 0 Å². The van der Waals surface area contributed by atoms with Crippen LogP contribution in [0.1, 0.15) is 0 Å². The van der Waals surface area contributed by atoms with Gasteiger partial charge in [0.15, 0.2) is 17.5 Å². The lowest BCUT2D eigenvalue weighted by Gasteiger charge is -2.09. The van der Waals surface area contributed by atoms with E-state index in [0.29, 0.717) is 23.2 Å². The fraction of sp³-hybridized carbons (Fsp3) is 0. The second kappa shape index (κ2) is 10.4. The van der Waals surface area contributed by atoms with Crippen LogP contribution in [-0.2, 0) is 0 Å². The average Bonchev–Trinajstić information content (AvgIpc) is 3.74. The maximum atomic E-state index is 6.52. The Hall–Kier alpha value is -6.66. The minimum Gasteiger partial charge on any atom is -0.455 e. The number of aromatic nitrogens is 4. The van der Waals surface area contributed by atoms with Gasteiger partial charge in [-0.15, -0.1) is 0 Å². The molecular weight excluding hydrogens is 592 g/mol. The molecule has 0 spiro atoms. The molecule has 0 radical (unpaired) electrons. The molecule has 0 aliphatic rings. The largest absolute Gasteiger partial charge is 0.455 e. The molecule has 0 aliphatic carbocycles. The van der Waals surface area contributed by atoms with Crippen LogP contribution < -0.4 is 0 Å². The number of nitrogens with zero attached hydrogens (tertiary/aromatic N) is 4. The highest BCUT2D eigenvalue weighted by molar-refractivity contribution is 6.21. The van der Waals surface area contributed by atoms with E-state index in [9.17, 15) is 0 Å². The molecule has 0 fully saturated rings. The molecule has 0 amide bonds. The van der Waals surface area contributed by atoms with Gasteiger partial charge >= 0.3 is 0 Å². The van der Waals surface area contributed by atoms with Crippen molar-refractivity contribution in [1.82, 2.24) is 19.9 Å². The van der Waals surface area contributed by atoms with E-state index in [1.807, 2.05) is 66.7 Å². The maximum Gasteiger partial charge on any atom is 0.228 e. The molecule has 0 saturated carbocycles. The van der Waals surface area contributed by atoms with Crippen LogP contribution in [0.2, 0.25) is 0 Å². The van der Waals surface area contributed by atoms with E-state index < -0.39 is 0 Å². The van der Waals surface area contributed by atoms with Gasteiger partial charge in [0.25, 0.3) is 0 Å². The van der Waals surface area contributed by atoms with Gasteiger partial charge in [0.2, 0.25) is 5.71 Å². The predicted octanol–water partition coefficient (Wildman–Crippen LogP) is 10.9. The maximum absolute atomic E-state index is 6.52. The Morgan fingerprint density at radius 3 is 1.92 bits per heavy atom. The average molecular weight is 617 g/mol. The lowest BCUT2D eigenvalue weighted by atomic mass is 9.99. The van der Waals surface area contributed by atoms with Crippen LogP contribution in [0.4, 0.5) is 0 Å². The van der Waals surface area contributed by atoms with Crippen LogP contribution in [-0.4, -0.2) is 19.9 Å². The molecule has 0 aliphatic heterocycles. The minimum absolute atomic E-state index is 0.524. The summed E-state index contributed by atoms with van der Waals surface area (Å²) in [5.41, 5.74) is 7.63. The molecule has 4 aromatic heterocycles. The number of hydrogen-bond acceptors (Lipinski definition) is 6. The van der Waals surface area contributed by atoms with E-state index in [1.165, 1.54) is 10.8 Å². The summed E-state index contributed by atoms with van der Waals surface area (Å²) in [5.74, 6) is 1.76. The number of furan rings is 2. The van der Waals surface area contributed by atoms with Gasteiger partial charge in [-0.3, -0.25) is 0 Å². The molecule has 48 heavy (non-hydrogen) atoms. The first-order chi connectivity index (χ1) is 23.8. The van der Waals surface area contributed by atoms with Crippen molar-refractivity contribution >= 4 is 54.8 Å². The van der Waals surface area contributed by atoms with Gasteiger partial charge in [0, 0.05) is 44.6 Å². The molecule has 4 heterocycles. The SMILES string of the molecule is c1ccc(-c2nc(-c3ccccc3)nc(-c3ccnc4oc5cc(-c6cccc7c6oc6ccc8ccccc8c67)ccc5c34)n2)cc1.